The van der Waals surface area contributed by atoms with Gasteiger partial charge in [0.2, 0.25) is 10.0 Å². The lowest BCUT2D eigenvalue weighted by Gasteiger charge is -2.21. The van der Waals surface area contributed by atoms with E-state index in [0.717, 1.165) is 12.1 Å². The summed E-state index contributed by atoms with van der Waals surface area (Å²) in [4.78, 5) is 12.3. The minimum atomic E-state index is -4.42. The molecule has 1 amide bonds. The third kappa shape index (κ3) is 5.11. The van der Waals surface area contributed by atoms with E-state index in [-0.39, 0.29) is 23.0 Å². The molecule has 1 N–H and O–H groups in total. The fraction of sp³-hybridized carbons (Fsp3) is 0.316. The zero-order valence-corrected chi connectivity index (χ0v) is 16.4. The molecule has 2 aromatic carbocycles. The summed E-state index contributed by atoms with van der Waals surface area (Å²) in [5.74, 6) is -0.524. The van der Waals surface area contributed by atoms with Gasteiger partial charge in [-0.15, -0.1) is 0 Å². The molecule has 2 rings (SSSR count). The number of alkyl halides is 3. The number of carbonyl (C=O) groups is 1. The molecule has 0 bridgehead atoms. The minimum Gasteiger partial charge on any atom is -0.348 e. The van der Waals surface area contributed by atoms with Crippen molar-refractivity contribution < 1.29 is 26.4 Å². The van der Waals surface area contributed by atoms with Crippen molar-refractivity contribution in [3.63, 3.8) is 0 Å². The van der Waals surface area contributed by atoms with Gasteiger partial charge in [0.1, 0.15) is 0 Å². The quantitative estimate of drug-likeness (QED) is 0.785. The fourth-order valence-corrected chi connectivity index (χ4v) is 3.75. The molecule has 0 spiro atoms. The van der Waals surface area contributed by atoms with Gasteiger partial charge in [0.15, 0.2) is 0 Å². The number of hydrogen-bond acceptors (Lipinski definition) is 3. The van der Waals surface area contributed by atoms with Crippen molar-refractivity contribution in [1.29, 1.82) is 0 Å². The Morgan fingerprint density at radius 2 is 1.71 bits per heavy atom. The highest BCUT2D eigenvalue weighted by atomic mass is 32.2. The Labute approximate surface area is 162 Å². The first kappa shape index (κ1) is 21.9. The SMILES string of the molecule is CC(C)N(C)S(=O)(=O)c1cccc(C(=O)NCc2ccc(C(F)(F)F)cc2)c1. The third-order valence-electron chi connectivity index (χ3n) is 4.23. The first-order valence-electron chi connectivity index (χ1n) is 8.45. The van der Waals surface area contributed by atoms with E-state index >= 15 is 0 Å². The highest BCUT2D eigenvalue weighted by Crippen LogP contribution is 2.29. The number of benzene rings is 2. The zero-order valence-electron chi connectivity index (χ0n) is 15.6. The highest BCUT2D eigenvalue weighted by molar-refractivity contribution is 7.89. The van der Waals surface area contributed by atoms with Crippen molar-refractivity contribution in [2.24, 2.45) is 0 Å². The Bertz CT molecular complexity index is 940. The van der Waals surface area contributed by atoms with E-state index in [4.69, 9.17) is 0 Å². The second-order valence-electron chi connectivity index (χ2n) is 6.52. The smallest absolute Gasteiger partial charge is 0.348 e. The van der Waals surface area contributed by atoms with Gasteiger partial charge in [-0.05, 0) is 49.7 Å². The summed E-state index contributed by atoms with van der Waals surface area (Å²) in [5.41, 5.74) is -0.135. The first-order valence-corrected chi connectivity index (χ1v) is 9.89. The fourth-order valence-electron chi connectivity index (χ4n) is 2.34. The van der Waals surface area contributed by atoms with Gasteiger partial charge < -0.3 is 5.32 Å². The van der Waals surface area contributed by atoms with Gasteiger partial charge in [-0.2, -0.15) is 17.5 Å². The van der Waals surface area contributed by atoms with Crippen LogP contribution in [0.25, 0.3) is 0 Å². The van der Waals surface area contributed by atoms with E-state index in [1.54, 1.807) is 13.8 Å². The van der Waals surface area contributed by atoms with Gasteiger partial charge in [-0.1, -0.05) is 18.2 Å². The number of rotatable bonds is 6. The molecule has 28 heavy (non-hydrogen) atoms. The molecule has 0 unspecified atom stereocenters. The molecule has 0 saturated heterocycles. The van der Waals surface area contributed by atoms with Crippen LogP contribution in [0, 0.1) is 0 Å². The number of nitrogens with one attached hydrogen (secondary N) is 1. The van der Waals surface area contributed by atoms with Gasteiger partial charge >= 0.3 is 6.18 Å². The van der Waals surface area contributed by atoms with Gasteiger partial charge in [0, 0.05) is 25.2 Å². The number of sulfonamides is 1. The monoisotopic (exact) mass is 414 g/mol. The molecular weight excluding hydrogens is 393 g/mol. The van der Waals surface area contributed by atoms with Crippen LogP contribution in [0.4, 0.5) is 13.2 Å². The van der Waals surface area contributed by atoms with E-state index in [2.05, 4.69) is 5.32 Å². The van der Waals surface area contributed by atoms with Crippen molar-refractivity contribution in [1.82, 2.24) is 9.62 Å². The van der Waals surface area contributed by atoms with Gasteiger partial charge in [-0.3, -0.25) is 4.79 Å². The second kappa shape index (κ2) is 8.32. The summed E-state index contributed by atoms with van der Waals surface area (Å²) in [6.45, 7) is 3.48. The predicted octanol–water partition coefficient (Wildman–Crippen LogP) is 3.66. The van der Waals surface area contributed by atoms with Crippen LogP contribution in [0.3, 0.4) is 0 Å². The topological polar surface area (TPSA) is 66.5 Å². The molecule has 0 heterocycles. The van der Waals surface area contributed by atoms with Crippen molar-refractivity contribution in [2.45, 2.75) is 37.5 Å². The lowest BCUT2D eigenvalue weighted by atomic mass is 10.1. The normalized spacial score (nSPS) is 12.4. The standard InChI is InChI=1S/C19H21F3N2O3S/c1-13(2)24(3)28(26,27)17-6-4-5-15(11-17)18(25)23-12-14-7-9-16(10-8-14)19(20,21)22/h4-11,13H,12H2,1-3H3,(H,23,25). The maximum atomic E-state index is 12.6. The van der Waals surface area contributed by atoms with E-state index in [9.17, 15) is 26.4 Å². The van der Waals surface area contributed by atoms with E-state index in [0.29, 0.717) is 5.56 Å². The number of carbonyl (C=O) groups excluding carboxylic acids is 1. The van der Waals surface area contributed by atoms with Crippen LogP contribution >= 0.6 is 0 Å². The van der Waals surface area contributed by atoms with Crippen molar-refractivity contribution in [3.8, 4) is 0 Å². The molecule has 0 aliphatic carbocycles. The summed E-state index contributed by atoms with van der Waals surface area (Å²) in [6, 6.07) is 9.81. The van der Waals surface area contributed by atoms with Gasteiger partial charge in [0.05, 0.1) is 10.5 Å². The zero-order chi connectivity index (χ0) is 21.1. The Hall–Kier alpha value is -2.39. The van der Waals surface area contributed by atoms with E-state index in [1.807, 2.05) is 0 Å². The summed E-state index contributed by atoms with van der Waals surface area (Å²) in [6.07, 6.45) is -4.42. The van der Waals surface area contributed by atoms with Crippen molar-refractivity contribution in [3.05, 3.63) is 65.2 Å². The number of halogens is 3. The van der Waals surface area contributed by atoms with Crippen molar-refractivity contribution >= 4 is 15.9 Å². The average Bonchev–Trinajstić information content (AvgIpc) is 2.65. The van der Waals surface area contributed by atoms with Crippen LogP contribution in [0.1, 0.15) is 35.3 Å². The van der Waals surface area contributed by atoms with Gasteiger partial charge in [0.25, 0.3) is 5.91 Å². The summed E-state index contributed by atoms with van der Waals surface area (Å²) in [7, 11) is -2.28. The number of hydrogen-bond donors (Lipinski definition) is 1. The van der Waals surface area contributed by atoms with E-state index in [1.165, 1.54) is 47.8 Å². The largest absolute Gasteiger partial charge is 0.416 e. The van der Waals surface area contributed by atoms with Crippen LogP contribution in [-0.2, 0) is 22.7 Å². The predicted molar refractivity (Wildman–Crippen MR) is 99.1 cm³/mol. The average molecular weight is 414 g/mol. The molecular formula is C19H21F3N2O3S. The maximum Gasteiger partial charge on any atom is 0.416 e. The molecule has 2 aromatic rings. The molecule has 0 saturated carbocycles. The third-order valence-corrected chi connectivity index (χ3v) is 6.26. The molecule has 0 aliphatic heterocycles. The minimum absolute atomic E-state index is 0.00844. The molecule has 5 nitrogen and oxygen atoms in total. The van der Waals surface area contributed by atoms with Crippen LogP contribution in [0.2, 0.25) is 0 Å². The molecule has 152 valence electrons. The summed E-state index contributed by atoms with van der Waals surface area (Å²) >= 11 is 0. The van der Waals surface area contributed by atoms with Crippen LogP contribution < -0.4 is 5.32 Å². The van der Waals surface area contributed by atoms with Gasteiger partial charge in [-0.25, -0.2) is 8.42 Å². The van der Waals surface area contributed by atoms with Crippen LogP contribution in [-0.4, -0.2) is 31.7 Å². The molecule has 0 fully saturated rings. The Kier molecular flexibility index (Phi) is 6.51. The number of nitrogens with zero attached hydrogens (tertiary/aromatic N) is 1. The summed E-state index contributed by atoms with van der Waals surface area (Å²) in [5, 5.41) is 2.58. The summed E-state index contributed by atoms with van der Waals surface area (Å²) < 4.78 is 64.0. The molecule has 0 aromatic heterocycles. The van der Waals surface area contributed by atoms with Crippen molar-refractivity contribution in [2.75, 3.05) is 7.05 Å². The molecule has 0 aliphatic rings. The van der Waals surface area contributed by atoms with E-state index < -0.39 is 27.7 Å². The maximum absolute atomic E-state index is 12.6. The lowest BCUT2D eigenvalue weighted by molar-refractivity contribution is -0.137. The Balaban J connectivity index is 2.11. The molecule has 0 radical (unpaired) electrons. The van der Waals surface area contributed by atoms with Crippen LogP contribution in [0.15, 0.2) is 53.4 Å². The first-order chi connectivity index (χ1) is 12.9. The second-order valence-corrected chi connectivity index (χ2v) is 8.52. The Morgan fingerprint density at radius 1 is 1.11 bits per heavy atom. The number of amides is 1. The highest BCUT2D eigenvalue weighted by Gasteiger charge is 2.30. The molecule has 0 atom stereocenters. The van der Waals surface area contributed by atoms with Crippen LogP contribution in [0.5, 0.6) is 0 Å². The lowest BCUT2D eigenvalue weighted by Crippen LogP contribution is -2.33. The molecule has 9 heteroatoms. The Morgan fingerprint density at radius 3 is 2.25 bits per heavy atom.